The molecule has 0 amide bonds. The van der Waals surface area contributed by atoms with Crippen LogP contribution in [0.15, 0.2) is 5.38 Å². The van der Waals surface area contributed by atoms with Crippen molar-refractivity contribution >= 4 is 29.3 Å². The number of nitrogens with two attached hydrogens (primary N) is 1. The van der Waals surface area contributed by atoms with E-state index in [4.69, 9.17) is 10.7 Å². The number of rotatable bonds is 2. The van der Waals surface area contributed by atoms with Gasteiger partial charge in [0, 0.05) is 16.9 Å². The van der Waals surface area contributed by atoms with Crippen LogP contribution in [0.25, 0.3) is 4.96 Å². The van der Waals surface area contributed by atoms with E-state index in [1.54, 1.807) is 0 Å². The van der Waals surface area contributed by atoms with Crippen LogP contribution < -0.4 is 20.8 Å². The van der Waals surface area contributed by atoms with Gasteiger partial charge in [0.2, 0.25) is 5.44 Å². The Kier molecular flexibility index (Phi) is 2.31. The predicted octanol–water partition coefficient (Wildman–Crippen LogP) is -1.87. The topological polar surface area (TPSA) is 108 Å². The summed E-state index contributed by atoms with van der Waals surface area (Å²) in [4.78, 5) is 20.4. The maximum atomic E-state index is 11.0. The first-order valence-corrected chi connectivity index (χ1v) is 6.61. The number of aryl methyl sites for hydroxylation is 1. The molecule has 0 fully saturated rings. The lowest BCUT2D eigenvalue weighted by Gasteiger charge is -2.09. The Morgan fingerprint density at radius 3 is 3.07 bits per heavy atom. The average molecular weight is 248 g/mol. The molecule has 1 atom stereocenters. The van der Waals surface area contributed by atoms with Crippen LogP contribution in [-0.4, -0.2) is 14.5 Å². The van der Waals surface area contributed by atoms with Gasteiger partial charge in [0.1, 0.15) is 0 Å². The number of nitrogen functional groups attached to an aromatic ring is 1. The van der Waals surface area contributed by atoms with E-state index in [0.717, 1.165) is 15.9 Å². The molecular weight excluding hydrogens is 239 g/mol. The molecule has 0 radical (unpaired) electrons. The van der Waals surface area contributed by atoms with Gasteiger partial charge in [-0.2, -0.15) is 0 Å². The summed E-state index contributed by atoms with van der Waals surface area (Å²) in [6.45, 7) is 1.85. The van der Waals surface area contributed by atoms with Crippen LogP contribution in [0.3, 0.4) is 0 Å². The Morgan fingerprint density at radius 1 is 1.87 bits per heavy atom. The van der Waals surface area contributed by atoms with Crippen LogP contribution in [0.5, 0.6) is 0 Å². The van der Waals surface area contributed by atoms with Crippen molar-refractivity contribution in [3.05, 3.63) is 11.2 Å². The molecule has 82 valence electrons. The highest BCUT2D eigenvalue weighted by Crippen LogP contribution is 2.29. The third kappa shape index (κ3) is 1.55. The normalized spacial score (nSPS) is 15.7. The first-order valence-electron chi connectivity index (χ1n) is 4.15. The van der Waals surface area contributed by atoms with Gasteiger partial charge >= 0.3 is 4.96 Å². The quantitative estimate of drug-likeness (QED) is 0.368. The summed E-state index contributed by atoms with van der Waals surface area (Å²) in [6.07, 6.45) is 0.582. The fourth-order valence-electron chi connectivity index (χ4n) is 1.26. The van der Waals surface area contributed by atoms with Crippen LogP contribution in [0.4, 0.5) is 0 Å². The number of hydrogen-bond donors (Lipinski definition) is 2. The van der Waals surface area contributed by atoms with Crippen molar-refractivity contribution in [3.63, 3.8) is 0 Å². The summed E-state index contributed by atoms with van der Waals surface area (Å²) in [5, 5.41) is 5.29. The van der Waals surface area contributed by atoms with Crippen LogP contribution in [-0.2, 0) is 11.0 Å². The fraction of sp³-hybridized carbons (Fsp3) is 0.333. The number of thiazole rings is 1. The van der Waals surface area contributed by atoms with Gasteiger partial charge in [0.15, 0.2) is 7.60 Å². The van der Waals surface area contributed by atoms with E-state index < -0.39 is 7.60 Å². The second-order valence-corrected chi connectivity index (χ2v) is 5.28. The summed E-state index contributed by atoms with van der Waals surface area (Å²) >= 11 is 1.11. The first kappa shape index (κ1) is 10.6. The Balaban J connectivity index is 2.76. The Labute approximate surface area is 88.9 Å². The van der Waals surface area contributed by atoms with Crippen LogP contribution in [0.2, 0.25) is 0 Å². The zero-order valence-corrected chi connectivity index (χ0v) is 9.53. The van der Waals surface area contributed by atoms with Crippen molar-refractivity contribution in [2.24, 2.45) is 0 Å². The van der Waals surface area contributed by atoms with E-state index in [2.05, 4.69) is 5.10 Å². The number of hydrogen-bond acceptors (Lipinski definition) is 5. The molecule has 0 spiro atoms. The number of aromatic nitrogens is 3. The number of fused-ring (bicyclic) bond motifs is 1. The third-order valence-electron chi connectivity index (χ3n) is 1.97. The largest absolute Gasteiger partial charge is 0.773 e. The highest BCUT2D eigenvalue weighted by Gasteiger charge is 2.26. The van der Waals surface area contributed by atoms with Crippen molar-refractivity contribution in [2.75, 3.05) is 5.84 Å². The minimum absolute atomic E-state index is 0.235. The fourth-order valence-corrected chi connectivity index (χ4v) is 3.16. The summed E-state index contributed by atoms with van der Waals surface area (Å²) in [7, 11) is -4.54. The molecule has 0 saturated carbocycles. The molecule has 7 nitrogen and oxygen atoms in total. The highest BCUT2D eigenvalue weighted by molar-refractivity contribution is 7.59. The maximum absolute atomic E-state index is 11.0. The van der Waals surface area contributed by atoms with Crippen molar-refractivity contribution in [2.45, 2.75) is 13.3 Å². The van der Waals surface area contributed by atoms with Gasteiger partial charge in [-0.05, 0) is 0 Å². The zero-order chi connectivity index (χ0) is 11.2. The monoisotopic (exact) mass is 248 g/mol. The van der Waals surface area contributed by atoms with Gasteiger partial charge in [0.05, 0.1) is 0 Å². The van der Waals surface area contributed by atoms with Crippen LogP contribution in [0, 0.1) is 0 Å². The molecule has 1 unspecified atom stereocenters. The van der Waals surface area contributed by atoms with E-state index >= 15 is 0 Å². The van der Waals surface area contributed by atoms with Crippen molar-refractivity contribution < 1.29 is 19.0 Å². The smallest absolute Gasteiger partial charge is 0.346 e. The van der Waals surface area contributed by atoms with E-state index in [9.17, 15) is 9.46 Å². The molecule has 2 rings (SSSR count). The van der Waals surface area contributed by atoms with Crippen molar-refractivity contribution in [3.8, 4) is 0 Å². The summed E-state index contributed by atoms with van der Waals surface area (Å²) in [5.41, 5.74) is -0.235. The van der Waals surface area contributed by atoms with Gasteiger partial charge in [-0.3, -0.25) is 5.84 Å². The molecule has 2 heterocycles. The average Bonchev–Trinajstić information content (AvgIpc) is 2.65. The van der Waals surface area contributed by atoms with Gasteiger partial charge in [0.25, 0.3) is 5.82 Å². The lowest BCUT2D eigenvalue weighted by molar-refractivity contribution is -0.618. The summed E-state index contributed by atoms with van der Waals surface area (Å²) in [5.74, 6) is 6.23. The van der Waals surface area contributed by atoms with Crippen LogP contribution in [0.1, 0.15) is 12.7 Å². The molecule has 0 bridgehead atoms. The van der Waals surface area contributed by atoms with Gasteiger partial charge in [-0.25, -0.2) is 0 Å². The molecule has 0 aromatic carbocycles. The molecule has 2 aromatic rings. The molecule has 15 heavy (non-hydrogen) atoms. The number of nitrogens with zero attached hydrogens (tertiary/aromatic N) is 3. The summed E-state index contributed by atoms with van der Waals surface area (Å²) in [6, 6.07) is 0. The Hall–Kier alpha value is -0.950. The third-order valence-corrected chi connectivity index (χ3v) is 3.97. The van der Waals surface area contributed by atoms with E-state index in [-0.39, 0.29) is 5.44 Å². The predicted molar refractivity (Wildman–Crippen MR) is 52.3 cm³/mol. The molecule has 0 aliphatic heterocycles. The summed E-state index contributed by atoms with van der Waals surface area (Å²) < 4.78 is 13.4. The lowest BCUT2D eigenvalue weighted by atomic mass is 10.5. The second kappa shape index (κ2) is 3.28. The van der Waals surface area contributed by atoms with Gasteiger partial charge in [-0.15, -0.1) is 4.68 Å². The molecule has 0 aliphatic rings. The maximum Gasteiger partial charge on any atom is 0.346 e. The minimum atomic E-state index is -4.54. The van der Waals surface area contributed by atoms with E-state index in [1.165, 1.54) is 10.1 Å². The highest BCUT2D eigenvalue weighted by atomic mass is 32.1. The molecule has 3 N–H and O–H groups in total. The Bertz CT molecular complexity index is 556. The minimum Gasteiger partial charge on any atom is -0.773 e. The molecule has 0 aliphatic carbocycles. The molecule has 9 heteroatoms. The standard InChI is InChI=1S/C6H9N4O3PS/c1-2-4-8-10-5(14(11,12)13)3-15-6(10)9(4)7/h3H,2,7H2,1H3,(H-,11,12,13). The zero-order valence-electron chi connectivity index (χ0n) is 7.82. The van der Waals surface area contributed by atoms with Crippen molar-refractivity contribution in [1.82, 2.24) is 9.61 Å². The molecule has 2 aromatic heterocycles. The van der Waals surface area contributed by atoms with E-state index in [0.29, 0.717) is 17.2 Å². The second-order valence-electron chi connectivity index (χ2n) is 2.95. The Morgan fingerprint density at radius 2 is 2.53 bits per heavy atom. The SMILES string of the molecule is CCc1nn2c(P(=O)([O-])O)csc2[n+]1N. The van der Waals surface area contributed by atoms with Gasteiger partial charge in [-0.1, -0.05) is 22.8 Å². The first-order chi connectivity index (χ1) is 6.95. The molecular formula is C6H9N4O3PS. The van der Waals surface area contributed by atoms with E-state index in [1.807, 2.05) is 6.92 Å². The van der Waals surface area contributed by atoms with Gasteiger partial charge < -0.3 is 14.4 Å². The van der Waals surface area contributed by atoms with Crippen molar-refractivity contribution in [1.29, 1.82) is 0 Å². The molecule has 0 saturated heterocycles. The van der Waals surface area contributed by atoms with Crippen LogP contribution >= 0.6 is 18.9 Å². The lowest BCUT2D eigenvalue weighted by Crippen LogP contribution is -2.46.